The van der Waals surface area contributed by atoms with Gasteiger partial charge in [-0.05, 0) is 77.7 Å². The molecule has 4 aromatic rings. The fourth-order valence-corrected chi connectivity index (χ4v) is 6.47. The first-order chi connectivity index (χ1) is 17.0. The Balaban J connectivity index is 1.28. The van der Waals surface area contributed by atoms with Crippen molar-refractivity contribution in [2.45, 2.75) is 38.5 Å². The molecule has 2 bridgehead atoms. The van der Waals surface area contributed by atoms with E-state index in [1.54, 1.807) is 13.3 Å². The normalized spacial score (nSPS) is 23.4. The number of benzene rings is 1. The number of ether oxygens (including phenoxy) is 1. The molecule has 8 nitrogen and oxygen atoms in total. The summed E-state index contributed by atoms with van der Waals surface area (Å²) in [6.07, 6.45) is 9.27. The number of methoxy groups -OCH3 is 1. The third kappa shape index (κ3) is 3.90. The minimum absolute atomic E-state index is 0.0863. The third-order valence-corrected chi connectivity index (χ3v) is 8.43. The highest BCUT2D eigenvalue weighted by Crippen LogP contribution is 2.62. The number of nitrogens with one attached hydrogen (secondary N) is 1. The Morgan fingerprint density at radius 3 is 2.89 bits per heavy atom. The van der Waals surface area contributed by atoms with E-state index < -0.39 is 0 Å². The molecule has 2 aliphatic rings. The Morgan fingerprint density at radius 2 is 2.06 bits per heavy atom. The Kier molecular flexibility index (Phi) is 5.56. The van der Waals surface area contributed by atoms with Gasteiger partial charge in [0.2, 0.25) is 5.91 Å². The van der Waals surface area contributed by atoms with Gasteiger partial charge in [0.05, 0.1) is 23.2 Å². The Bertz CT molecular complexity index is 1430. The number of carbonyl (C=O) groups excluding carboxylic acids is 1. The van der Waals surface area contributed by atoms with Crippen LogP contribution in [0.15, 0.2) is 47.3 Å². The maximum absolute atomic E-state index is 12.9. The van der Waals surface area contributed by atoms with Gasteiger partial charge in [0.1, 0.15) is 10.4 Å². The summed E-state index contributed by atoms with van der Waals surface area (Å²) in [6.45, 7) is 1.10. The molecule has 0 radical (unpaired) electrons. The lowest BCUT2D eigenvalue weighted by Crippen LogP contribution is -2.39. The molecular formula is C26H27BrN6O2. The highest BCUT2D eigenvalue weighted by Gasteiger charge is 2.57. The highest BCUT2D eigenvalue weighted by molar-refractivity contribution is 9.10. The topological polar surface area (TPSA) is 94.8 Å². The molecule has 2 saturated carbocycles. The fourth-order valence-electron chi connectivity index (χ4n) is 6.03. The SMILES string of the molecule is COCCNC(=O)C12CCC(Cc3ncc4c(Br)nn(-c5ccc6ncccc6c5)c4n3)(CC1)C2. The van der Waals surface area contributed by atoms with Gasteiger partial charge in [0.15, 0.2) is 5.65 Å². The predicted octanol–water partition coefficient (Wildman–Crippen LogP) is 4.38. The minimum Gasteiger partial charge on any atom is -0.383 e. The van der Waals surface area contributed by atoms with Gasteiger partial charge in [-0.2, -0.15) is 5.10 Å². The maximum Gasteiger partial charge on any atom is 0.226 e. The summed E-state index contributed by atoms with van der Waals surface area (Å²) in [4.78, 5) is 27.1. The maximum atomic E-state index is 12.9. The predicted molar refractivity (Wildman–Crippen MR) is 136 cm³/mol. The number of carbonyl (C=O) groups is 1. The lowest BCUT2D eigenvalue weighted by Gasteiger charge is -2.26. The quantitative estimate of drug-likeness (QED) is 0.353. The molecule has 1 aromatic carbocycles. The molecule has 0 spiro atoms. The zero-order valence-corrected chi connectivity index (χ0v) is 21.2. The molecular weight excluding hydrogens is 508 g/mol. The molecule has 3 aromatic heterocycles. The Morgan fingerprint density at radius 1 is 1.20 bits per heavy atom. The molecule has 180 valence electrons. The van der Waals surface area contributed by atoms with E-state index in [-0.39, 0.29) is 16.7 Å². The van der Waals surface area contributed by atoms with Crippen molar-refractivity contribution >= 4 is 43.8 Å². The first kappa shape index (κ1) is 22.5. The summed E-state index contributed by atoms with van der Waals surface area (Å²) >= 11 is 3.58. The van der Waals surface area contributed by atoms with Gasteiger partial charge in [-0.1, -0.05) is 6.07 Å². The van der Waals surface area contributed by atoms with E-state index in [4.69, 9.17) is 19.8 Å². The van der Waals surface area contributed by atoms with Crippen molar-refractivity contribution in [2.75, 3.05) is 20.3 Å². The number of rotatable bonds is 7. The summed E-state index contributed by atoms with van der Waals surface area (Å²) in [5, 5.41) is 9.70. The largest absolute Gasteiger partial charge is 0.383 e. The molecule has 0 aliphatic heterocycles. The second-order valence-electron chi connectivity index (χ2n) is 9.99. The summed E-state index contributed by atoms with van der Waals surface area (Å²) in [7, 11) is 1.65. The molecule has 6 rings (SSSR count). The summed E-state index contributed by atoms with van der Waals surface area (Å²) in [5.41, 5.74) is 2.49. The molecule has 0 atom stereocenters. The van der Waals surface area contributed by atoms with Crippen molar-refractivity contribution in [1.82, 2.24) is 30.0 Å². The standard InChI is InChI=1S/C26H27BrN6O2/c1-35-12-11-29-24(34)26-8-6-25(16-26,7-9-26)14-21-30-15-19-22(27)32-33(23(19)31-21)18-4-5-20-17(13-18)3-2-10-28-20/h2-5,10,13,15H,6-9,11-12,14,16H2,1H3,(H,29,34). The number of halogens is 1. The van der Waals surface area contributed by atoms with Gasteiger partial charge in [-0.15, -0.1) is 0 Å². The van der Waals surface area contributed by atoms with E-state index in [9.17, 15) is 4.79 Å². The van der Waals surface area contributed by atoms with Crippen LogP contribution in [-0.2, 0) is 16.0 Å². The number of nitrogens with zero attached hydrogens (tertiary/aromatic N) is 5. The first-order valence-electron chi connectivity index (χ1n) is 12.0. The first-order valence-corrected chi connectivity index (χ1v) is 12.8. The van der Waals surface area contributed by atoms with E-state index in [2.05, 4.69) is 32.3 Å². The van der Waals surface area contributed by atoms with Gasteiger partial charge in [0, 0.05) is 43.3 Å². The average molecular weight is 535 g/mol. The Labute approximate surface area is 211 Å². The average Bonchev–Trinajstić information content (AvgIpc) is 3.54. The van der Waals surface area contributed by atoms with Crippen LogP contribution in [0.4, 0.5) is 0 Å². The van der Waals surface area contributed by atoms with Crippen LogP contribution < -0.4 is 5.32 Å². The van der Waals surface area contributed by atoms with Crippen LogP contribution in [0.2, 0.25) is 0 Å². The Hall–Kier alpha value is -2.91. The monoisotopic (exact) mass is 534 g/mol. The number of amides is 1. The van der Waals surface area contributed by atoms with Crippen LogP contribution in [0, 0.1) is 10.8 Å². The number of hydrogen-bond acceptors (Lipinski definition) is 6. The molecule has 1 N–H and O–H groups in total. The highest BCUT2D eigenvalue weighted by atomic mass is 79.9. The number of hydrogen-bond donors (Lipinski definition) is 1. The van der Waals surface area contributed by atoms with Crippen molar-refractivity contribution < 1.29 is 9.53 Å². The van der Waals surface area contributed by atoms with Crippen molar-refractivity contribution in [2.24, 2.45) is 10.8 Å². The summed E-state index contributed by atoms with van der Waals surface area (Å²) < 4.78 is 7.67. The van der Waals surface area contributed by atoms with Gasteiger partial charge in [0.25, 0.3) is 0 Å². The molecule has 1 amide bonds. The van der Waals surface area contributed by atoms with E-state index in [1.165, 1.54) is 0 Å². The van der Waals surface area contributed by atoms with Crippen LogP contribution in [0.25, 0.3) is 27.6 Å². The number of fused-ring (bicyclic) bond motifs is 4. The van der Waals surface area contributed by atoms with Crippen LogP contribution in [0.3, 0.4) is 0 Å². The zero-order valence-electron chi connectivity index (χ0n) is 19.6. The van der Waals surface area contributed by atoms with Crippen LogP contribution in [0.1, 0.15) is 37.9 Å². The lowest BCUT2D eigenvalue weighted by atomic mass is 9.80. The molecule has 0 unspecified atom stereocenters. The minimum atomic E-state index is -0.248. The third-order valence-electron chi connectivity index (χ3n) is 7.85. The van der Waals surface area contributed by atoms with E-state index in [0.29, 0.717) is 13.2 Å². The molecule has 2 aliphatic carbocycles. The zero-order chi connectivity index (χ0) is 24.0. The second kappa shape index (κ2) is 8.64. The number of aromatic nitrogens is 5. The van der Waals surface area contributed by atoms with Crippen molar-refractivity contribution in [1.29, 1.82) is 0 Å². The van der Waals surface area contributed by atoms with Gasteiger partial charge >= 0.3 is 0 Å². The second-order valence-corrected chi connectivity index (χ2v) is 10.7. The molecule has 2 fully saturated rings. The molecule has 3 heterocycles. The smallest absolute Gasteiger partial charge is 0.226 e. The lowest BCUT2D eigenvalue weighted by molar-refractivity contribution is -0.130. The summed E-state index contributed by atoms with van der Waals surface area (Å²) in [6, 6.07) is 10.1. The van der Waals surface area contributed by atoms with E-state index in [0.717, 1.165) is 76.6 Å². The van der Waals surface area contributed by atoms with Gasteiger partial charge in [-0.25, -0.2) is 14.6 Å². The molecule has 9 heteroatoms. The van der Waals surface area contributed by atoms with Crippen molar-refractivity contribution in [3.8, 4) is 5.69 Å². The van der Waals surface area contributed by atoms with Crippen molar-refractivity contribution in [3.63, 3.8) is 0 Å². The fraction of sp³-hybridized carbons (Fsp3) is 0.423. The van der Waals surface area contributed by atoms with Crippen molar-refractivity contribution in [3.05, 3.63) is 53.2 Å². The van der Waals surface area contributed by atoms with Crippen LogP contribution in [-0.4, -0.2) is 50.9 Å². The van der Waals surface area contributed by atoms with E-state index in [1.807, 2.05) is 35.1 Å². The van der Waals surface area contributed by atoms with Crippen LogP contribution in [0.5, 0.6) is 0 Å². The van der Waals surface area contributed by atoms with Gasteiger partial charge in [-0.3, -0.25) is 9.78 Å². The van der Waals surface area contributed by atoms with Crippen LogP contribution >= 0.6 is 15.9 Å². The molecule has 35 heavy (non-hydrogen) atoms. The number of pyridine rings is 1. The molecule has 0 saturated heterocycles. The summed E-state index contributed by atoms with van der Waals surface area (Å²) in [5.74, 6) is 0.990. The van der Waals surface area contributed by atoms with E-state index >= 15 is 0 Å². The van der Waals surface area contributed by atoms with Gasteiger partial charge < -0.3 is 10.1 Å².